The van der Waals surface area contributed by atoms with Crippen molar-refractivity contribution in [3.8, 4) is 5.75 Å². The lowest BCUT2D eigenvalue weighted by atomic mass is 10.0. The van der Waals surface area contributed by atoms with Crippen LogP contribution < -0.4 is 15.7 Å². The van der Waals surface area contributed by atoms with Crippen molar-refractivity contribution in [2.75, 3.05) is 0 Å². The maximum absolute atomic E-state index is 12.5. The van der Waals surface area contributed by atoms with E-state index in [2.05, 4.69) is 5.32 Å². The molecule has 28 heavy (non-hydrogen) atoms. The van der Waals surface area contributed by atoms with Crippen molar-refractivity contribution in [2.24, 2.45) is 0 Å². The van der Waals surface area contributed by atoms with Gasteiger partial charge in [0, 0.05) is 6.07 Å². The highest BCUT2D eigenvalue weighted by Crippen LogP contribution is 2.31. The first kappa shape index (κ1) is 21.5. The highest BCUT2D eigenvalue weighted by atomic mass is 16.6. The Morgan fingerprint density at radius 1 is 1.21 bits per heavy atom. The van der Waals surface area contributed by atoms with Crippen molar-refractivity contribution < 1.29 is 23.5 Å². The molecule has 0 aliphatic rings. The number of esters is 1. The SMILES string of the molecule is CCCc1cc(=O)oc2cc(C)cc(OC(=O)C(C)NC(=O)OC(C)(C)C)c12. The van der Waals surface area contributed by atoms with Gasteiger partial charge in [0.2, 0.25) is 0 Å². The molecule has 1 unspecified atom stereocenters. The van der Waals surface area contributed by atoms with Gasteiger partial charge >= 0.3 is 17.7 Å². The largest absolute Gasteiger partial charge is 0.444 e. The Labute approximate surface area is 164 Å². The van der Waals surface area contributed by atoms with Crippen molar-refractivity contribution >= 4 is 23.0 Å². The Hall–Kier alpha value is -2.83. The fraction of sp³-hybridized carbons (Fsp3) is 0.476. The summed E-state index contributed by atoms with van der Waals surface area (Å²) in [6, 6.07) is 3.94. The van der Waals surface area contributed by atoms with Gasteiger partial charge in [-0.3, -0.25) is 0 Å². The number of amides is 1. The Morgan fingerprint density at radius 3 is 2.50 bits per heavy atom. The molecule has 7 nitrogen and oxygen atoms in total. The zero-order valence-electron chi connectivity index (χ0n) is 17.2. The summed E-state index contributed by atoms with van der Waals surface area (Å²) in [4.78, 5) is 36.2. The topological polar surface area (TPSA) is 94.8 Å². The molecule has 0 spiro atoms. The van der Waals surface area contributed by atoms with Crippen LogP contribution in [0.15, 0.2) is 27.4 Å². The lowest BCUT2D eigenvalue weighted by Gasteiger charge is -2.21. The number of benzene rings is 1. The summed E-state index contributed by atoms with van der Waals surface area (Å²) in [7, 11) is 0. The fourth-order valence-electron chi connectivity index (χ4n) is 2.76. The smallest absolute Gasteiger partial charge is 0.408 e. The second kappa shape index (κ2) is 8.46. The van der Waals surface area contributed by atoms with Crippen molar-refractivity contribution in [2.45, 2.75) is 66.0 Å². The molecule has 2 aromatic rings. The average molecular weight is 389 g/mol. The van der Waals surface area contributed by atoms with E-state index >= 15 is 0 Å². The van der Waals surface area contributed by atoms with E-state index in [0.29, 0.717) is 23.1 Å². The lowest BCUT2D eigenvalue weighted by Crippen LogP contribution is -2.43. The Balaban J connectivity index is 2.31. The number of nitrogens with one attached hydrogen (secondary N) is 1. The van der Waals surface area contributed by atoms with Crippen LogP contribution in [0.5, 0.6) is 5.75 Å². The molecule has 7 heteroatoms. The van der Waals surface area contributed by atoms with E-state index < -0.39 is 29.3 Å². The molecule has 0 bridgehead atoms. The molecular formula is C21H27NO6. The van der Waals surface area contributed by atoms with Crippen LogP contribution in [0.4, 0.5) is 4.79 Å². The number of alkyl carbamates (subject to hydrolysis) is 1. The van der Waals surface area contributed by atoms with Crippen molar-refractivity contribution in [1.82, 2.24) is 5.32 Å². The molecule has 1 N–H and O–H groups in total. The summed E-state index contributed by atoms with van der Waals surface area (Å²) in [5.41, 5.74) is 0.780. The molecule has 0 fully saturated rings. The van der Waals surface area contributed by atoms with Crippen LogP contribution in [0.3, 0.4) is 0 Å². The van der Waals surface area contributed by atoms with Gasteiger partial charge in [-0.25, -0.2) is 14.4 Å². The van der Waals surface area contributed by atoms with Crippen LogP contribution in [-0.2, 0) is 16.0 Å². The van der Waals surface area contributed by atoms with E-state index in [1.165, 1.54) is 13.0 Å². The van der Waals surface area contributed by atoms with E-state index in [9.17, 15) is 14.4 Å². The summed E-state index contributed by atoms with van der Waals surface area (Å²) < 4.78 is 16.0. The third-order valence-electron chi connectivity index (χ3n) is 3.85. The summed E-state index contributed by atoms with van der Waals surface area (Å²) in [5, 5.41) is 3.05. The van der Waals surface area contributed by atoms with Crippen molar-refractivity contribution in [1.29, 1.82) is 0 Å². The second-order valence-electron chi connectivity index (χ2n) is 7.77. The molecule has 1 aromatic heterocycles. The first-order valence-electron chi connectivity index (χ1n) is 9.28. The highest BCUT2D eigenvalue weighted by Gasteiger charge is 2.23. The number of ether oxygens (including phenoxy) is 2. The number of hydrogen-bond acceptors (Lipinski definition) is 6. The molecule has 2 rings (SSSR count). The van der Waals surface area contributed by atoms with Gasteiger partial charge in [-0.05, 0) is 64.3 Å². The molecule has 1 aromatic carbocycles. The van der Waals surface area contributed by atoms with Crippen LogP contribution in [0.1, 0.15) is 52.2 Å². The standard InChI is InChI=1S/C21H27NO6/c1-7-8-14-11-17(23)26-15-9-12(2)10-16(18(14)15)27-19(24)13(3)22-20(25)28-21(4,5)6/h9-11,13H,7-8H2,1-6H3,(H,22,25). The monoisotopic (exact) mass is 389 g/mol. The van der Waals surface area contributed by atoms with Crippen molar-refractivity contribution in [3.63, 3.8) is 0 Å². The zero-order valence-corrected chi connectivity index (χ0v) is 17.2. The Bertz CT molecular complexity index is 938. The Morgan fingerprint density at radius 2 is 1.89 bits per heavy atom. The molecule has 0 aliphatic carbocycles. The number of carbonyl (C=O) groups excluding carboxylic acids is 2. The molecule has 0 saturated heterocycles. The minimum absolute atomic E-state index is 0.296. The van der Waals surface area contributed by atoms with Gasteiger partial charge in [0.25, 0.3) is 0 Å². The van der Waals surface area contributed by atoms with Gasteiger partial charge in [-0.15, -0.1) is 0 Å². The maximum atomic E-state index is 12.5. The summed E-state index contributed by atoms with van der Waals surface area (Å²) in [5.74, 6) is -0.351. The minimum Gasteiger partial charge on any atom is -0.444 e. The summed E-state index contributed by atoms with van der Waals surface area (Å²) in [6.07, 6.45) is 0.751. The zero-order chi connectivity index (χ0) is 21.1. The molecule has 152 valence electrons. The molecule has 0 radical (unpaired) electrons. The fourth-order valence-corrected chi connectivity index (χ4v) is 2.76. The van der Waals surface area contributed by atoms with Gasteiger partial charge in [-0.1, -0.05) is 13.3 Å². The predicted octanol–water partition coefficient (Wildman–Crippen LogP) is 3.87. The summed E-state index contributed by atoms with van der Waals surface area (Å²) >= 11 is 0. The molecule has 1 atom stereocenters. The van der Waals surface area contributed by atoms with E-state index in [1.54, 1.807) is 32.9 Å². The number of rotatable bonds is 5. The summed E-state index contributed by atoms with van der Waals surface area (Å²) in [6.45, 7) is 10.5. The maximum Gasteiger partial charge on any atom is 0.408 e. The normalized spacial score (nSPS) is 12.5. The van der Waals surface area contributed by atoms with E-state index in [4.69, 9.17) is 13.9 Å². The third kappa shape index (κ3) is 5.58. The second-order valence-corrected chi connectivity index (χ2v) is 7.77. The van der Waals surface area contributed by atoms with Crippen LogP contribution in [0.2, 0.25) is 0 Å². The minimum atomic E-state index is -0.921. The average Bonchev–Trinajstić information content (AvgIpc) is 2.51. The molecule has 1 heterocycles. The van der Waals surface area contributed by atoms with Gasteiger partial charge in [0.15, 0.2) is 0 Å². The predicted molar refractivity (Wildman–Crippen MR) is 106 cm³/mol. The molecule has 0 aliphatic heterocycles. The van der Waals surface area contributed by atoms with Crippen molar-refractivity contribution in [3.05, 3.63) is 39.7 Å². The third-order valence-corrected chi connectivity index (χ3v) is 3.85. The first-order chi connectivity index (χ1) is 13.0. The number of fused-ring (bicyclic) bond motifs is 1. The van der Waals surface area contributed by atoms with E-state index in [0.717, 1.165) is 17.5 Å². The van der Waals surface area contributed by atoms with Crippen LogP contribution in [0.25, 0.3) is 11.0 Å². The van der Waals surface area contributed by atoms with Crippen LogP contribution in [0, 0.1) is 6.92 Å². The number of carbonyl (C=O) groups is 2. The number of hydrogen-bond donors (Lipinski definition) is 1. The van der Waals surface area contributed by atoms with E-state index in [-0.39, 0.29) is 0 Å². The van der Waals surface area contributed by atoms with Gasteiger partial charge in [0.05, 0.1) is 5.39 Å². The first-order valence-corrected chi connectivity index (χ1v) is 9.28. The molecule has 0 saturated carbocycles. The molecular weight excluding hydrogens is 362 g/mol. The number of aryl methyl sites for hydroxylation is 2. The van der Waals surface area contributed by atoms with Gasteiger partial charge < -0.3 is 19.2 Å². The van der Waals surface area contributed by atoms with E-state index in [1.807, 2.05) is 13.8 Å². The quantitative estimate of drug-likeness (QED) is 0.474. The lowest BCUT2D eigenvalue weighted by molar-refractivity contribution is -0.136. The van der Waals surface area contributed by atoms with Gasteiger partial charge in [-0.2, -0.15) is 0 Å². The molecule has 1 amide bonds. The van der Waals surface area contributed by atoms with Crippen LogP contribution >= 0.6 is 0 Å². The van der Waals surface area contributed by atoms with Gasteiger partial charge in [0.1, 0.15) is 23.0 Å². The Kier molecular flexibility index (Phi) is 6.48. The van der Waals surface area contributed by atoms with Crippen LogP contribution in [-0.4, -0.2) is 23.7 Å². The highest BCUT2D eigenvalue weighted by molar-refractivity contribution is 5.91.